The van der Waals surface area contributed by atoms with Gasteiger partial charge in [0, 0.05) is 52.5 Å². The van der Waals surface area contributed by atoms with Crippen LogP contribution in [0.2, 0.25) is 0 Å². The molecular formula is C17H26N4O2. The van der Waals surface area contributed by atoms with Gasteiger partial charge in [-0.3, -0.25) is 9.69 Å². The highest BCUT2D eigenvalue weighted by molar-refractivity contribution is 5.94. The summed E-state index contributed by atoms with van der Waals surface area (Å²) in [5.74, 6) is 0.899. The van der Waals surface area contributed by atoms with Gasteiger partial charge in [0.15, 0.2) is 0 Å². The van der Waals surface area contributed by atoms with Crippen molar-refractivity contribution in [3.8, 4) is 0 Å². The molecule has 0 unspecified atom stereocenters. The first-order valence-corrected chi connectivity index (χ1v) is 8.41. The summed E-state index contributed by atoms with van der Waals surface area (Å²) in [5.41, 5.74) is 0.643. The van der Waals surface area contributed by atoms with E-state index in [0.717, 1.165) is 51.3 Å². The lowest BCUT2D eigenvalue weighted by Crippen LogP contribution is -2.53. The fourth-order valence-electron chi connectivity index (χ4n) is 3.56. The lowest BCUT2D eigenvalue weighted by atomic mass is 10.1. The molecule has 1 saturated carbocycles. The van der Waals surface area contributed by atoms with Crippen LogP contribution in [-0.4, -0.2) is 78.2 Å². The number of aliphatic hydroxyl groups is 1. The number of amides is 1. The second-order valence-electron chi connectivity index (χ2n) is 6.69. The van der Waals surface area contributed by atoms with Crippen LogP contribution in [0.15, 0.2) is 18.3 Å². The Morgan fingerprint density at radius 3 is 2.48 bits per heavy atom. The summed E-state index contributed by atoms with van der Waals surface area (Å²) in [4.78, 5) is 23.0. The standard InChI is InChI=1S/C17H26N4O2/c1-19(2)16-7-6-13(12-18-16)17(23)21-10-8-20(9-11-21)14-4-3-5-15(14)22/h6-7,12,14-15,22H,3-5,8-11H2,1-2H3/t14-,15-/m1/s1. The maximum absolute atomic E-state index is 12.6. The Balaban J connectivity index is 1.57. The van der Waals surface area contributed by atoms with Crippen molar-refractivity contribution in [2.45, 2.75) is 31.4 Å². The molecule has 23 heavy (non-hydrogen) atoms. The van der Waals surface area contributed by atoms with E-state index < -0.39 is 0 Å². The van der Waals surface area contributed by atoms with Gasteiger partial charge >= 0.3 is 0 Å². The van der Waals surface area contributed by atoms with Gasteiger partial charge in [0.25, 0.3) is 5.91 Å². The molecule has 1 aliphatic carbocycles. The molecule has 1 amide bonds. The minimum atomic E-state index is -0.194. The molecule has 2 aliphatic rings. The third-order valence-electron chi connectivity index (χ3n) is 4.97. The number of piperazine rings is 1. The van der Waals surface area contributed by atoms with Crippen LogP contribution in [0.5, 0.6) is 0 Å². The topological polar surface area (TPSA) is 59.9 Å². The fraction of sp³-hybridized carbons (Fsp3) is 0.647. The first kappa shape index (κ1) is 16.2. The molecule has 6 heteroatoms. The smallest absolute Gasteiger partial charge is 0.255 e. The molecule has 0 aromatic carbocycles. The average molecular weight is 318 g/mol. The molecule has 1 N–H and O–H groups in total. The summed E-state index contributed by atoms with van der Waals surface area (Å²) in [7, 11) is 3.86. The van der Waals surface area contributed by atoms with Crippen LogP contribution in [0.3, 0.4) is 0 Å². The molecule has 0 radical (unpaired) electrons. The number of nitrogens with zero attached hydrogens (tertiary/aromatic N) is 4. The normalized spacial score (nSPS) is 25.6. The monoisotopic (exact) mass is 318 g/mol. The van der Waals surface area contributed by atoms with E-state index in [9.17, 15) is 9.90 Å². The van der Waals surface area contributed by atoms with Gasteiger partial charge < -0.3 is 14.9 Å². The van der Waals surface area contributed by atoms with E-state index in [2.05, 4.69) is 9.88 Å². The van der Waals surface area contributed by atoms with E-state index in [-0.39, 0.29) is 18.1 Å². The molecule has 0 spiro atoms. The Morgan fingerprint density at radius 2 is 1.96 bits per heavy atom. The molecule has 3 rings (SSSR count). The lowest BCUT2D eigenvalue weighted by molar-refractivity contribution is 0.0315. The van der Waals surface area contributed by atoms with Crippen LogP contribution in [0, 0.1) is 0 Å². The SMILES string of the molecule is CN(C)c1ccc(C(=O)N2CCN([C@@H]3CCC[C@H]3O)CC2)cn1. The highest BCUT2D eigenvalue weighted by atomic mass is 16.3. The molecule has 2 atom stereocenters. The van der Waals surface area contributed by atoms with Crippen molar-refractivity contribution in [1.29, 1.82) is 0 Å². The van der Waals surface area contributed by atoms with Crippen molar-refractivity contribution in [3.63, 3.8) is 0 Å². The van der Waals surface area contributed by atoms with Gasteiger partial charge in [-0.05, 0) is 31.4 Å². The van der Waals surface area contributed by atoms with E-state index in [0.29, 0.717) is 5.56 Å². The van der Waals surface area contributed by atoms with Gasteiger partial charge in [0.1, 0.15) is 5.82 Å². The predicted octanol–water partition coefficient (Wildman–Crippen LogP) is 0.819. The predicted molar refractivity (Wildman–Crippen MR) is 89.7 cm³/mol. The van der Waals surface area contributed by atoms with Crippen LogP contribution in [0.4, 0.5) is 5.82 Å². The van der Waals surface area contributed by atoms with Crippen LogP contribution in [-0.2, 0) is 0 Å². The third kappa shape index (κ3) is 3.48. The average Bonchev–Trinajstić information content (AvgIpc) is 3.00. The Hall–Kier alpha value is -1.66. The molecule has 1 saturated heterocycles. The first-order chi connectivity index (χ1) is 11.1. The second-order valence-corrected chi connectivity index (χ2v) is 6.69. The summed E-state index contributed by atoms with van der Waals surface area (Å²) in [6.07, 6.45) is 4.55. The largest absolute Gasteiger partial charge is 0.391 e. The zero-order valence-electron chi connectivity index (χ0n) is 14.0. The molecule has 6 nitrogen and oxygen atoms in total. The Bertz CT molecular complexity index is 538. The van der Waals surface area contributed by atoms with E-state index in [1.807, 2.05) is 36.0 Å². The molecular weight excluding hydrogens is 292 g/mol. The summed E-state index contributed by atoms with van der Waals surface area (Å²) in [5, 5.41) is 10.0. The van der Waals surface area contributed by atoms with E-state index >= 15 is 0 Å². The number of carbonyl (C=O) groups excluding carboxylic acids is 1. The highest BCUT2D eigenvalue weighted by Gasteiger charge is 2.33. The van der Waals surface area contributed by atoms with Crippen molar-refractivity contribution in [2.75, 3.05) is 45.2 Å². The minimum Gasteiger partial charge on any atom is -0.391 e. The molecule has 1 aliphatic heterocycles. The number of hydrogen-bond donors (Lipinski definition) is 1. The molecule has 1 aromatic rings. The number of hydrogen-bond acceptors (Lipinski definition) is 5. The minimum absolute atomic E-state index is 0.0504. The van der Waals surface area contributed by atoms with Gasteiger partial charge in [-0.15, -0.1) is 0 Å². The second kappa shape index (κ2) is 6.84. The molecule has 126 valence electrons. The maximum atomic E-state index is 12.6. The van der Waals surface area contributed by atoms with Crippen LogP contribution < -0.4 is 4.90 Å². The zero-order chi connectivity index (χ0) is 16.4. The van der Waals surface area contributed by atoms with Crippen molar-refractivity contribution in [1.82, 2.24) is 14.8 Å². The van der Waals surface area contributed by atoms with Gasteiger partial charge in [-0.25, -0.2) is 4.98 Å². The van der Waals surface area contributed by atoms with Crippen molar-refractivity contribution >= 4 is 11.7 Å². The maximum Gasteiger partial charge on any atom is 0.255 e. The third-order valence-corrected chi connectivity index (χ3v) is 4.97. The number of pyridine rings is 1. The number of carbonyl (C=O) groups is 1. The first-order valence-electron chi connectivity index (χ1n) is 8.41. The quantitative estimate of drug-likeness (QED) is 0.894. The highest BCUT2D eigenvalue weighted by Crippen LogP contribution is 2.25. The van der Waals surface area contributed by atoms with Crippen molar-refractivity contribution < 1.29 is 9.90 Å². The van der Waals surface area contributed by atoms with Crippen LogP contribution in [0.25, 0.3) is 0 Å². The van der Waals surface area contributed by atoms with Crippen molar-refractivity contribution in [2.24, 2.45) is 0 Å². The summed E-state index contributed by atoms with van der Waals surface area (Å²) < 4.78 is 0. The summed E-state index contributed by atoms with van der Waals surface area (Å²) >= 11 is 0. The van der Waals surface area contributed by atoms with Gasteiger partial charge in [-0.1, -0.05) is 0 Å². The number of anilines is 1. The Morgan fingerprint density at radius 1 is 1.22 bits per heavy atom. The molecule has 1 aromatic heterocycles. The Labute approximate surface area is 137 Å². The van der Waals surface area contributed by atoms with Gasteiger partial charge in [0.2, 0.25) is 0 Å². The molecule has 0 bridgehead atoms. The fourth-order valence-corrected chi connectivity index (χ4v) is 3.56. The summed E-state index contributed by atoms with van der Waals surface area (Å²) in [6, 6.07) is 4.00. The van der Waals surface area contributed by atoms with Gasteiger partial charge in [0.05, 0.1) is 11.7 Å². The van der Waals surface area contributed by atoms with Crippen LogP contribution >= 0.6 is 0 Å². The summed E-state index contributed by atoms with van der Waals surface area (Å²) in [6.45, 7) is 3.13. The number of aromatic nitrogens is 1. The lowest BCUT2D eigenvalue weighted by Gasteiger charge is -2.39. The van der Waals surface area contributed by atoms with Crippen LogP contribution in [0.1, 0.15) is 29.6 Å². The van der Waals surface area contributed by atoms with Crippen molar-refractivity contribution in [3.05, 3.63) is 23.9 Å². The van der Waals surface area contributed by atoms with E-state index in [1.165, 1.54) is 0 Å². The Kier molecular flexibility index (Phi) is 4.82. The zero-order valence-corrected chi connectivity index (χ0v) is 14.0. The molecule has 2 fully saturated rings. The number of rotatable bonds is 3. The molecule has 2 heterocycles. The number of aliphatic hydroxyl groups excluding tert-OH is 1. The van der Waals surface area contributed by atoms with E-state index in [1.54, 1.807) is 6.20 Å². The van der Waals surface area contributed by atoms with Gasteiger partial charge in [-0.2, -0.15) is 0 Å². The van der Waals surface area contributed by atoms with E-state index in [4.69, 9.17) is 0 Å².